The topological polar surface area (TPSA) is 37.3 Å². The average molecular weight is 283 g/mol. The maximum Gasteiger partial charge on any atom is 0.328 e. The zero-order valence-electron chi connectivity index (χ0n) is 9.24. The van der Waals surface area contributed by atoms with Gasteiger partial charge in [0.2, 0.25) is 0 Å². The summed E-state index contributed by atoms with van der Waals surface area (Å²) in [5.41, 5.74) is 3.32. The Morgan fingerprint density at radius 2 is 2.25 bits per heavy atom. The van der Waals surface area contributed by atoms with E-state index in [0.717, 1.165) is 29.3 Å². The number of halogens is 1. The first-order valence-electron chi connectivity index (χ1n) is 5.20. The molecule has 1 aromatic carbocycles. The molecule has 0 amide bonds. The van der Waals surface area contributed by atoms with Crippen molar-refractivity contribution in [3.05, 3.63) is 41.0 Å². The quantitative estimate of drug-likeness (QED) is 0.664. The van der Waals surface area contributed by atoms with Gasteiger partial charge in [-0.1, -0.05) is 34.1 Å². The van der Waals surface area contributed by atoms with Crippen molar-refractivity contribution >= 4 is 28.0 Å². The number of hydrogen-bond acceptors (Lipinski definition) is 1. The fourth-order valence-electron chi connectivity index (χ4n) is 1.46. The maximum atomic E-state index is 10.4. The second-order valence-corrected chi connectivity index (χ2v) is 4.45. The van der Waals surface area contributed by atoms with Crippen LogP contribution in [0.15, 0.2) is 24.3 Å². The van der Waals surface area contributed by atoms with Gasteiger partial charge in [0.25, 0.3) is 0 Å². The first-order chi connectivity index (χ1) is 7.63. The third kappa shape index (κ3) is 4.19. The standard InChI is InChI=1S/C13H15BrO2/c1-10-4-5-11(3-2-8-14)9-12(10)6-7-13(15)16/h4-7,9H,2-3,8H2,1H3,(H,15,16)/b7-6+. The third-order valence-corrected chi connectivity index (χ3v) is 2.91. The second-order valence-electron chi connectivity index (χ2n) is 3.66. The van der Waals surface area contributed by atoms with Gasteiger partial charge in [-0.25, -0.2) is 4.79 Å². The first kappa shape index (κ1) is 13.0. The van der Waals surface area contributed by atoms with Crippen LogP contribution in [0.3, 0.4) is 0 Å². The molecule has 0 fully saturated rings. The Balaban J connectivity index is 2.85. The molecule has 1 aromatic rings. The number of carboxylic acid groups (broad SMARTS) is 1. The SMILES string of the molecule is Cc1ccc(CCCBr)cc1/C=C/C(=O)O. The number of hydrogen-bond donors (Lipinski definition) is 1. The van der Waals surface area contributed by atoms with E-state index in [2.05, 4.69) is 28.1 Å². The van der Waals surface area contributed by atoms with Crippen LogP contribution >= 0.6 is 15.9 Å². The molecule has 0 radical (unpaired) electrons. The molecular formula is C13H15BrO2. The summed E-state index contributed by atoms with van der Waals surface area (Å²) in [7, 11) is 0. The van der Waals surface area contributed by atoms with Crippen LogP contribution in [0.5, 0.6) is 0 Å². The molecule has 0 aliphatic carbocycles. The van der Waals surface area contributed by atoms with Crippen molar-refractivity contribution < 1.29 is 9.90 Å². The van der Waals surface area contributed by atoms with Crippen LogP contribution in [0.25, 0.3) is 6.08 Å². The highest BCUT2D eigenvalue weighted by molar-refractivity contribution is 9.09. The summed E-state index contributed by atoms with van der Waals surface area (Å²) >= 11 is 3.40. The van der Waals surface area contributed by atoms with Crippen LogP contribution in [-0.2, 0) is 11.2 Å². The lowest BCUT2D eigenvalue weighted by molar-refractivity contribution is -0.131. The zero-order valence-corrected chi connectivity index (χ0v) is 10.8. The molecule has 0 saturated heterocycles. The number of aliphatic carboxylic acids is 1. The smallest absolute Gasteiger partial charge is 0.328 e. The molecule has 1 N–H and O–H groups in total. The van der Waals surface area contributed by atoms with Crippen molar-refractivity contribution in [1.82, 2.24) is 0 Å². The Labute approximate surface area is 104 Å². The normalized spacial score (nSPS) is 10.9. The summed E-state index contributed by atoms with van der Waals surface area (Å²) in [4.78, 5) is 10.4. The number of benzene rings is 1. The van der Waals surface area contributed by atoms with Gasteiger partial charge >= 0.3 is 5.97 Å². The van der Waals surface area contributed by atoms with E-state index >= 15 is 0 Å². The minimum Gasteiger partial charge on any atom is -0.478 e. The minimum absolute atomic E-state index is 0.912. The largest absolute Gasteiger partial charge is 0.478 e. The number of alkyl halides is 1. The van der Waals surface area contributed by atoms with Crippen molar-refractivity contribution in [3.63, 3.8) is 0 Å². The van der Waals surface area contributed by atoms with Crippen LogP contribution in [0.2, 0.25) is 0 Å². The van der Waals surface area contributed by atoms with Gasteiger partial charge in [0.15, 0.2) is 0 Å². The monoisotopic (exact) mass is 282 g/mol. The minimum atomic E-state index is -0.912. The van der Waals surface area contributed by atoms with Crippen LogP contribution < -0.4 is 0 Å². The summed E-state index contributed by atoms with van der Waals surface area (Å²) in [5.74, 6) is -0.912. The Kier molecular flexibility index (Phi) is 5.26. The maximum absolute atomic E-state index is 10.4. The van der Waals surface area contributed by atoms with Crippen molar-refractivity contribution in [1.29, 1.82) is 0 Å². The summed E-state index contributed by atoms with van der Waals surface area (Å²) < 4.78 is 0. The van der Waals surface area contributed by atoms with E-state index in [9.17, 15) is 4.79 Å². The van der Waals surface area contributed by atoms with Crippen molar-refractivity contribution in [3.8, 4) is 0 Å². The van der Waals surface area contributed by atoms with Gasteiger partial charge in [0.1, 0.15) is 0 Å². The molecule has 0 aliphatic heterocycles. The van der Waals surface area contributed by atoms with E-state index in [0.29, 0.717) is 0 Å². The molecule has 0 spiro atoms. The first-order valence-corrected chi connectivity index (χ1v) is 6.32. The molecule has 86 valence electrons. The molecule has 1 rings (SSSR count). The predicted octanol–water partition coefficient (Wildman–Crippen LogP) is 3.42. The molecule has 0 atom stereocenters. The van der Waals surface area contributed by atoms with Crippen LogP contribution in [0.4, 0.5) is 0 Å². The van der Waals surface area contributed by atoms with E-state index in [1.807, 2.05) is 13.0 Å². The van der Waals surface area contributed by atoms with Crippen LogP contribution in [0.1, 0.15) is 23.1 Å². The number of aryl methyl sites for hydroxylation is 2. The van der Waals surface area contributed by atoms with Crippen molar-refractivity contribution in [2.75, 3.05) is 5.33 Å². The van der Waals surface area contributed by atoms with Crippen LogP contribution in [-0.4, -0.2) is 16.4 Å². The lowest BCUT2D eigenvalue weighted by atomic mass is 10.0. The Morgan fingerprint density at radius 3 is 2.88 bits per heavy atom. The van der Waals surface area contributed by atoms with Gasteiger partial charge in [-0.05, 0) is 42.5 Å². The Morgan fingerprint density at radius 1 is 1.50 bits per heavy atom. The number of carbonyl (C=O) groups is 1. The molecule has 3 heteroatoms. The van der Waals surface area contributed by atoms with Gasteiger partial charge in [0, 0.05) is 11.4 Å². The Bertz CT molecular complexity index is 397. The van der Waals surface area contributed by atoms with Gasteiger partial charge < -0.3 is 5.11 Å². The summed E-state index contributed by atoms with van der Waals surface area (Å²) in [6.45, 7) is 1.98. The third-order valence-electron chi connectivity index (χ3n) is 2.35. The zero-order chi connectivity index (χ0) is 12.0. The highest BCUT2D eigenvalue weighted by Gasteiger charge is 1.98. The van der Waals surface area contributed by atoms with Gasteiger partial charge in [-0.3, -0.25) is 0 Å². The molecular weight excluding hydrogens is 268 g/mol. The van der Waals surface area contributed by atoms with E-state index in [-0.39, 0.29) is 0 Å². The van der Waals surface area contributed by atoms with E-state index < -0.39 is 5.97 Å². The summed E-state index contributed by atoms with van der Waals surface area (Å²) in [6.07, 6.45) is 4.93. The molecule has 2 nitrogen and oxygen atoms in total. The van der Waals surface area contributed by atoms with Gasteiger partial charge in [-0.2, -0.15) is 0 Å². The highest BCUT2D eigenvalue weighted by Crippen LogP contribution is 2.14. The fourth-order valence-corrected chi connectivity index (χ4v) is 1.74. The fraction of sp³-hybridized carbons (Fsp3) is 0.308. The second kappa shape index (κ2) is 6.48. The van der Waals surface area contributed by atoms with Gasteiger partial charge in [0.05, 0.1) is 0 Å². The molecule has 0 bridgehead atoms. The molecule has 0 heterocycles. The Hall–Kier alpha value is -1.09. The predicted molar refractivity (Wildman–Crippen MR) is 70.0 cm³/mol. The lowest BCUT2D eigenvalue weighted by Gasteiger charge is -2.04. The average Bonchev–Trinajstić information content (AvgIpc) is 2.26. The molecule has 0 unspecified atom stereocenters. The molecule has 0 aliphatic rings. The summed E-state index contributed by atoms with van der Waals surface area (Å²) in [6, 6.07) is 6.18. The number of carboxylic acids is 1. The highest BCUT2D eigenvalue weighted by atomic mass is 79.9. The lowest BCUT2D eigenvalue weighted by Crippen LogP contribution is -1.91. The van der Waals surface area contributed by atoms with E-state index in [1.165, 1.54) is 11.6 Å². The van der Waals surface area contributed by atoms with Crippen molar-refractivity contribution in [2.24, 2.45) is 0 Å². The molecule has 0 saturated carbocycles. The van der Waals surface area contributed by atoms with E-state index in [4.69, 9.17) is 5.11 Å². The van der Waals surface area contributed by atoms with Gasteiger partial charge in [-0.15, -0.1) is 0 Å². The molecule has 0 aromatic heterocycles. The molecule has 16 heavy (non-hydrogen) atoms. The number of rotatable bonds is 5. The van der Waals surface area contributed by atoms with Crippen LogP contribution in [0, 0.1) is 6.92 Å². The van der Waals surface area contributed by atoms with E-state index in [1.54, 1.807) is 6.08 Å². The summed E-state index contributed by atoms with van der Waals surface area (Å²) in [5, 5.41) is 9.57. The van der Waals surface area contributed by atoms with Crippen molar-refractivity contribution in [2.45, 2.75) is 19.8 Å².